The second kappa shape index (κ2) is 9.92. The van der Waals surface area contributed by atoms with Crippen molar-refractivity contribution in [3.05, 3.63) is 36.7 Å². The lowest BCUT2D eigenvalue weighted by molar-refractivity contribution is -0.124. The lowest BCUT2D eigenvalue weighted by Gasteiger charge is -2.31. The molecule has 1 fully saturated rings. The van der Waals surface area contributed by atoms with E-state index in [1.54, 1.807) is 18.0 Å². The topological polar surface area (TPSA) is 111 Å². The third-order valence-corrected chi connectivity index (χ3v) is 5.15. The first kappa shape index (κ1) is 22.2. The standard InChI is InChI=1S/C18H23N5O3S.ClH/c1-27-15-4-2-13(3-5-15)21-16(24)12-23-11-14(10-20-23)22-17(25)18(19)6-8-26-9-7-18;/h2-5,10-11H,6-9,12,19H2,1H3,(H,21,24)(H,22,25);1H. The molecule has 0 bridgehead atoms. The Balaban J connectivity index is 0.00000280. The summed E-state index contributed by atoms with van der Waals surface area (Å²) in [5.41, 5.74) is 6.46. The maximum atomic E-state index is 12.4. The fraction of sp³-hybridized carbons (Fsp3) is 0.389. The summed E-state index contributed by atoms with van der Waals surface area (Å²) in [6.07, 6.45) is 6.06. The Labute approximate surface area is 174 Å². The van der Waals surface area contributed by atoms with Crippen molar-refractivity contribution in [3.8, 4) is 0 Å². The minimum absolute atomic E-state index is 0. The van der Waals surface area contributed by atoms with Crippen molar-refractivity contribution >= 4 is 47.4 Å². The third-order valence-electron chi connectivity index (χ3n) is 4.41. The molecular formula is C18H24ClN5O3S. The number of hydrogen-bond acceptors (Lipinski definition) is 6. The molecule has 3 rings (SSSR count). The second-order valence-corrected chi connectivity index (χ2v) is 7.31. The third kappa shape index (κ3) is 5.71. The molecule has 0 saturated carbocycles. The zero-order valence-corrected chi connectivity index (χ0v) is 17.1. The van der Waals surface area contributed by atoms with Crippen molar-refractivity contribution in [3.63, 3.8) is 0 Å². The summed E-state index contributed by atoms with van der Waals surface area (Å²) in [6.45, 7) is 0.990. The van der Waals surface area contributed by atoms with Crippen LogP contribution in [0.3, 0.4) is 0 Å². The Hall–Kier alpha value is -2.07. The molecular weight excluding hydrogens is 402 g/mol. The molecule has 0 spiro atoms. The smallest absolute Gasteiger partial charge is 0.246 e. The summed E-state index contributed by atoms with van der Waals surface area (Å²) in [5.74, 6) is -0.462. The summed E-state index contributed by atoms with van der Waals surface area (Å²) in [5, 5.41) is 9.71. The molecule has 8 nitrogen and oxygen atoms in total. The number of nitrogens with two attached hydrogens (primary N) is 1. The normalized spacial score (nSPS) is 15.4. The SMILES string of the molecule is CSc1ccc(NC(=O)Cn2cc(NC(=O)C3(N)CCOCC3)cn2)cc1.Cl. The summed E-state index contributed by atoms with van der Waals surface area (Å²) in [7, 11) is 0. The van der Waals surface area contributed by atoms with Crippen LogP contribution in [-0.2, 0) is 20.9 Å². The number of anilines is 2. The molecule has 1 aromatic heterocycles. The largest absolute Gasteiger partial charge is 0.381 e. The van der Waals surface area contributed by atoms with Gasteiger partial charge in [-0.15, -0.1) is 24.2 Å². The van der Waals surface area contributed by atoms with E-state index in [2.05, 4.69) is 15.7 Å². The first-order chi connectivity index (χ1) is 13.0. The summed E-state index contributed by atoms with van der Waals surface area (Å²) >= 11 is 1.64. The lowest BCUT2D eigenvalue weighted by Crippen LogP contribution is -2.54. The first-order valence-corrected chi connectivity index (χ1v) is 9.85. The molecule has 0 atom stereocenters. The molecule has 4 N–H and O–H groups in total. The van der Waals surface area contributed by atoms with Crippen LogP contribution in [0.5, 0.6) is 0 Å². The van der Waals surface area contributed by atoms with E-state index in [1.165, 1.54) is 10.9 Å². The van der Waals surface area contributed by atoms with Gasteiger partial charge in [0.1, 0.15) is 12.1 Å². The van der Waals surface area contributed by atoms with Crippen LogP contribution < -0.4 is 16.4 Å². The van der Waals surface area contributed by atoms with Crippen molar-refractivity contribution in [2.75, 3.05) is 30.1 Å². The number of hydrogen-bond donors (Lipinski definition) is 3. The number of thioether (sulfide) groups is 1. The van der Waals surface area contributed by atoms with Crippen LogP contribution in [0.15, 0.2) is 41.6 Å². The van der Waals surface area contributed by atoms with E-state index >= 15 is 0 Å². The average molecular weight is 426 g/mol. The van der Waals surface area contributed by atoms with E-state index in [-0.39, 0.29) is 30.8 Å². The van der Waals surface area contributed by atoms with Gasteiger partial charge in [-0.05, 0) is 43.4 Å². The minimum Gasteiger partial charge on any atom is -0.381 e. The number of benzene rings is 1. The van der Waals surface area contributed by atoms with Crippen molar-refractivity contribution < 1.29 is 14.3 Å². The van der Waals surface area contributed by atoms with Gasteiger partial charge >= 0.3 is 0 Å². The predicted octanol–water partition coefficient (Wildman–Crippen LogP) is 2.11. The molecule has 2 aromatic rings. The molecule has 0 unspecified atom stereocenters. The molecule has 2 amide bonds. The Bertz CT molecular complexity index is 806. The highest BCUT2D eigenvalue weighted by molar-refractivity contribution is 7.98. The molecule has 0 radical (unpaired) electrons. The number of halogens is 1. The first-order valence-electron chi connectivity index (χ1n) is 8.63. The van der Waals surface area contributed by atoms with Crippen LogP contribution in [0.2, 0.25) is 0 Å². The molecule has 1 aliphatic heterocycles. The van der Waals surface area contributed by atoms with Crippen molar-refractivity contribution in [2.45, 2.75) is 29.8 Å². The van der Waals surface area contributed by atoms with Gasteiger partial charge in [-0.2, -0.15) is 5.10 Å². The van der Waals surface area contributed by atoms with E-state index in [0.717, 1.165) is 10.6 Å². The Morgan fingerprint density at radius 2 is 1.89 bits per heavy atom. The van der Waals surface area contributed by atoms with Crippen LogP contribution in [-0.4, -0.2) is 46.6 Å². The van der Waals surface area contributed by atoms with Gasteiger partial charge < -0.3 is 21.1 Å². The molecule has 1 saturated heterocycles. The molecule has 1 aliphatic rings. The molecule has 152 valence electrons. The highest BCUT2D eigenvalue weighted by Crippen LogP contribution is 2.20. The predicted molar refractivity (Wildman–Crippen MR) is 112 cm³/mol. The van der Waals surface area contributed by atoms with Gasteiger partial charge in [-0.25, -0.2) is 0 Å². The van der Waals surface area contributed by atoms with Gasteiger partial charge in [-0.1, -0.05) is 0 Å². The van der Waals surface area contributed by atoms with Gasteiger partial charge in [0.15, 0.2) is 0 Å². The van der Waals surface area contributed by atoms with Crippen LogP contribution in [0.25, 0.3) is 0 Å². The molecule has 10 heteroatoms. The number of carbonyl (C=O) groups is 2. The molecule has 0 aliphatic carbocycles. The highest BCUT2D eigenvalue weighted by atomic mass is 35.5. The molecule has 2 heterocycles. The Morgan fingerprint density at radius 3 is 2.54 bits per heavy atom. The maximum Gasteiger partial charge on any atom is 0.246 e. The van der Waals surface area contributed by atoms with Crippen molar-refractivity contribution in [1.29, 1.82) is 0 Å². The molecule has 28 heavy (non-hydrogen) atoms. The van der Waals surface area contributed by atoms with Gasteiger partial charge in [0.2, 0.25) is 11.8 Å². The van der Waals surface area contributed by atoms with Crippen LogP contribution in [0, 0.1) is 0 Å². The number of ether oxygens (including phenoxy) is 1. The van der Waals surface area contributed by atoms with E-state index in [0.29, 0.717) is 31.7 Å². The highest BCUT2D eigenvalue weighted by Gasteiger charge is 2.36. The fourth-order valence-electron chi connectivity index (χ4n) is 2.75. The minimum atomic E-state index is -0.930. The van der Waals surface area contributed by atoms with E-state index in [9.17, 15) is 9.59 Å². The zero-order chi connectivity index (χ0) is 19.3. The van der Waals surface area contributed by atoms with Gasteiger partial charge in [0, 0.05) is 30.0 Å². The van der Waals surface area contributed by atoms with Gasteiger partial charge in [0.05, 0.1) is 11.9 Å². The quantitative estimate of drug-likeness (QED) is 0.611. The van der Waals surface area contributed by atoms with Crippen LogP contribution in [0.4, 0.5) is 11.4 Å². The summed E-state index contributed by atoms with van der Waals surface area (Å²) in [6, 6.07) is 7.60. The maximum absolute atomic E-state index is 12.4. The van der Waals surface area contributed by atoms with Crippen LogP contribution >= 0.6 is 24.2 Å². The average Bonchev–Trinajstić information content (AvgIpc) is 3.09. The monoisotopic (exact) mass is 425 g/mol. The summed E-state index contributed by atoms with van der Waals surface area (Å²) in [4.78, 5) is 25.7. The Morgan fingerprint density at radius 1 is 1.21 bits per heavy atom. The van der Waals surface area contributed by atoms with E-state index in [4.69, 9.17) is 10.5 Å². The fourth-order valence-corrected chi connectivity index (χ4v) is 3.16. The van der Waals surface area contributed by atoms with Gasteiger partial charge in [0.25, 0.3) is 0 Å². The number of nitrogens with zero attached hydrogens (tertiary/aromatic N) is 2. The number of nitrogens with one attached hydrogen (secondary N) is 2. The Kier molecular flexibility index (Phi) is 7.88. The van der Waals surface area contributed by atoms with Crippen molar-refractivity contribution in [2.24, 2.45) is 5.73 Å². The molecule has 1 aromatic carbocycles. The summed E-state index contributed by atoms with van der Waals surface area (Å²) < 4.78 is 6.72. The van der Waals surface area contributed by atoms with E-state index in [1.807, 2.05) is 30.5 Å². The number of aromatic nitrogens is 2. The lowest BCUT2D eigenvalue weighted by atomic mass is 9.90. The number of carbonyl (C=O) groups excluding carboxylic acids is 2. The second-order valence-electron chi connectivity index (χ2n) is 6.43. The van der Waals surface area contributed by atoms with Gasteiger partial charge in [-0.3, -0.25) is 14.3 Å². The number of rotatable bonds is 6. The van der Waals surface area contributed by atoms with Crippen LogP contribution in [0.1, 0.15) is 12.8 Å². The van der Waals surface area contributed by atoms with E-state index < -0.39 is 5.54 Å². The number of amides is 2. The zero-order valence-electron chi connectivity index (χ0n) is 15.5. The van der Waals surface area contributed by atoms with Crippen molar-refractivity contribution in [1.82, 2.24) is 9.78 Å².